The van der Waals surface area contributed by atoms with E-state index in [1.165, 1.54) is 244 Å². The number of aliphatic hydroxyl groups is 1. The predicted octanol–water partition coefficient (Wildman–Crippen LogP) is 17.6. The number of nitrogens with one attached hydrogen (secondary N) is 1. The molecule has 8 nitrogen and oxygen atoms in total. The fourth-order valence-corrected chi connectivity index (χ4v) is 10.00. The highest BCUT2D eigenvalue weighted by molar-refractivity contribution is 7.45. The maximum atomic E-state index is 12.9. The Morgan fingerprint density at radius 3 is 1.15 bits per heavy atom. The van der Waals surface area contributed by atoms with Gasteiger partial charge in [-0.25, -0.2) is 0 Å². The number of unbranched alkanes of at least 4 members (excludes halogenated alkanes) is 41. The van der Waals surface area contributed by atoms with Crippen molar-refractivity contribution >= 4 is 13.7 Å². The van der Waals surface area contributed by atoms with Gasteiger partial charge in [-0.1, -0.05) is 276 Å². The molecule has 2 N–H and O–H groups in total. The molecule has 68 heavy (non-hydrogen) atoms. The number of allylic oxidation sites excluding steroid dienone is 2. The smallest absolute Gasteiger partial charge is 0.268 e. The second kappa shape index (κ2) is 51.2. The molecule has 0 saturated heterocycles. The van der Waals surface area contributed by atoms with Crippen LogP contribution in [0.3, 0.4) is 0 Å². The van der Waals surface area contributed by atoms with Crippen molar-refractivity contribution in [2.75, 3.05) is 40.9 Å². The number of amides is 1. The number of rotatable bonds is 56. The quantitative estimate of drug-likeness (QED) is 0.0272. The Morgan fingerprint density at radius 2 is 0.809 bits per heavy atom. The van der Waals surface area contributed by atoms with E-state index in [-0.39, 0.29) is 19.1 Å². The molecule has 0 aliphatic rings. The number of phosphoric ester groups is 1. The van der Waals surface area contributed by atoms with E-state index in [2.05, 4.69) is 31.3 Å². The molecule has 1 amide bonds. The van der Waals surface area contributed by atoms with Gasteiger partial charge < -0.3 is 28.8 Å². The number of phosphoric acid groups is 1. The van der Waals surface area contributed by atoms with Gasteiger partial charge in [0, 0.05) is 6.42 Å². The minimum Gasteiger partial charge on any atom is -0.756 e. The highest BCUT2D eigenvalue weighted by atomic mass is 31.2. The zero-order valence-corrected chi connectivity index (χ0v) is 47.2. The molecular weight excluding hydrogens is 864 g/mol. The van der Waals surface area contributed by atoms with Crippen LogP contribution in [0.15, 0.2) is 12.2 Å². The minimum absolute atomic E-state index is 0.0154. The van der Waals surface area contributed by atoms with Gasteiger partial charge in [-0.15, -0.1) is 0 Å². The van der Waals surface area contributed by atoms with Crippen LogP contribution in [-0.4, -0.2) is 68.5 Å². The van der Waals surface area contributed by atoms with Crippen molar-refractivity contribution in [1.82, 2.24) is 5.32 Å². The molecule has 0 radical (unpaired) electrons. The number of nitrogens with zero attached hydrogens (tertiary/aromatic N) is 1. The Morgan fingerprint density at radius 1 is 0.500 bits per heavy atom. The van der Waals surface area contributed by atoms with Gasteiger partial charge in [0.2, 0.25) is 5.91 Å². The third-order valence-electron chi connectivity index (χ3n) is 14.0. The molecule has 0 aliphatic carbocycles. The average Bonchev–Trinajstić information content (AvgIpc) is 3.30. The second-order valence-corrected chi connectivity index (χ2v) is 23.5. The number of quaternary nitrogens is 1. The van der Waals surface area contributed by atoms with Gasteiger partial charge in [0.05, 0.1) is 39.9 Å². The van der Waals surface area contributed by atoms with E-state index in [0.29, 0.717) is 23.9 Å². The van der Waals surface area contributed by atoms with Gasteiger partial charge in [0.1, 0.15) is 13.2 Å². The SMILES string of the molecule is CCCCCCCCCC/C=C\CCCCCCCCCCCCCCCCCCCCCCCCCC(=O)NC(COP(=O)([O-])OCC[N+](C)(C)C)C(O)CCCCCCCCCCCCC. The molecule has 406 valence electrons. The zero-order valence-electron chi connectivity index (χ0n) is 46.3. The Kier molecular flexibility index (Phi) is 50.6. The van der Waals surface area contributed by atoms with Crippen LogP contribution in [0, 0.1) is 0 Å². The molecule has 0 aromatic rings. The summed E-state index contributed by atoms with van der Waals surface area (Å²) >= 11 is 0. The zero-order chi connectivity index (χ0) is 49.9. The first-order chi connectivity index (χ1) is 33.0. The molecule has 0 fully saturated rings. The summed E-state index contributed by atoms with van der Waals surface area (Å²) in [6.45, 7) is 4.74. The molecule has 0 aliphatic heterocycles. The maximum Gasteiger partial charge on any atom is 0.268 e. The van der Waals surface area contributed by atoms with E-state index >= 15 is 0 Å². The van der Waals surface area contributed by atoms with E-state index in [4.69, 9.17) is 9.05 Å². The molecule has 0 bridgehead atoms. The van der Waals surface area contributed by atoms with Crippen molar-refractivity contribution in [2.45, 2.75) is 321 Å². The van der Waals surface area contributed by atoms with Gasteiger partial charge in [-0.2, -0.15) is 0 Å². The Hall–Kier alpha value is -0.760. The van der Waals surface area contributed by atoms with Crippen LogP contribution in [0.5, 0.6) is 0 Å². The van der Waals surface area contributed by atoms with E-state index in [9.17, 15) is 19.4 Å². The molecule has 0 rings (SSSR count). The largest absolute Gasteiger partial charge is 0.756 e. The highest BCUT2D eigenvalue weighted by Crippen LogP contribution is 2.38. The lowest BCUT2D eigenvalue weighted by Crippen LogP contribution is -2.46. The standard InChI is InChI=1S/C59H119N2O6P/c1-6-8-10-12-14-16-18-19-20-21-22-23-24-25-26-27-28-29-30-31-32-33-34-35-36-37-38-39-40-41-43-45-47-49-51-53-59(63)60-57(56-67-68(64,65)66-55-54-61(3,4)5)58(62)52-50-48-46-44-42-17-15-13-11-9-7-2/h21-22,57-58,62H,6-20,23-56H2,1-5H3,(H-,60,63,64,65)/b22-21-. The van der Waals surface area contributed by atoms with Crippen LogP contribution < -0.4 is 10.2 Å². The van der Waals surface area contributed by atoms with Gasteiger partial charge in [-0.05, 0) is 38.5 Å². The molecule has 0 aromatic carbocycles. The summed E-state index contributed by atoms with van der Waals surface area (Å²) in [5.41, 5.74) is 0. The number of hydrogen-bond donors (Lipinski definition) is 2. The van der Waals surface area contributed by atoms with Gasteiger partial charge in [0.25, 0.3) is 7.82 Å². The van der Waals surface area contributed by atoms with Crippen molar-refractivity contribution in [3.05, 3.63) is 12.2 Å². The fourth-order valence-electron chi connectivity index (χ4n) is 9.27. The van der Waals surface area contributed by atoms with Crippen LogP contribution in [0.1, 0.15) is 309 Å². The molecule has 0 spiro atoms. The van der Waals surface area contributed by atoms with E-state index in [0.717, 1.165) is 38.5 Å². The van der Waals surface area contributed by atoms with Crippen LogP contribution in [-0.2, 0) is 18.4 Å². The lowest BCUT2D eigenvalue weighted by atomic mass is 10.0. The highest BCUT2D eigenvalue weighted by Gasteiger charge is 2.24. The topological polar surface area (TPSA) is 108 Å². The Bertz CT molecular complexity index is 1120. The van der Waals surface area contributed by atoms with Gasteiger partial charge in [0.15, 0.2) is 0 Å². The monoisotopic (exact) mass is 983 g/mol. The Labute approximate surface area is 424 Å². The molecule has 0 saturated carbocycles. The lowest BCUT2D eigenvalue weighted by molar-refractivity contribution is -0.870. The third-order valence-corrected chi connectivity index (χ3v) is 15.0. The number of likely N-dealkylation sites (N-methyl/N-ethyl adjacent to an activating group) is 1. The first kappa shape index (κ1) is 67.2. The van der Waals surface area contributed by atoms with Crippen LogP contribution in [0.2, 0.25) is 0 Å². The van der Waals surface area contributed by atoms with Crippen molar-refractivity contribution in [3.63, 3.8) is 0 Å². The summed E-state index contributed by atoms with van der Waals surface area (Å²) in [7, 11) is 1.32. The maximum absolute atomic E-state index is 12.9. The third kappa shape index (κ3) is 53.0. The number of hydrogen-bond acceptors (Lipinski definition) is 6. The lowest BCUT2D eigenvalue weighted by Gasteiger charge is -2.30. The van der Waals surface area contributed by atoms with Crippen LogP contribution in [0.4, 0.5) is 0 Å². The summed E-state index contributed by atoms with van der Waals surface area (Å²) in [6, 6.07) is -0.795. The number of carbonyl (C=O) groups is 1. The minimum atomic E-state index is -4.56. The van der Waals surface area contributed by atoms with Crippen molar-refractivity contribution < 1.29 is 32.9 Å². The number of aliphatic hydroxyl groups excluding tert-OH is 1. The van der Waals surface area contributed by atoms with Crippen molar-refractivity contribution in [2.24, 2.45) is 0 Å². The van der Waals surface area contributed by atoms with Crippen molar-refractivity contribution in [1.29, 1.82) is 0 Å². The number of carbonyl (C=O) groups excluding carboxylic acids is 1. The summed E-state index contributed by atoms with van der Waals surface area (Å²) in [5, 5.41) is 14.0. The molecule has 3 unspecified atom stereocenters. The molecule has 0 heterocycles. The second-order valence-electron chi connectivity index (χ2n) is 22.1. The molecule has 9 heteroatoms. The molecule has 0 aromatic heterocycles. The molecular formula is C59H119N2O6P. The Balaban J connectivity index is 3.85. The first-order valence-electron chi connectivity index (χ1n) is 30.0. The summed E-state index contributed by atoms with van der Waals surface area (Å²) in [6.07, 6.45) is 62.8. The predicted molar refractivity (Wildman–Crippen MR) is 293 cm³/mol. The van der Waals surface area contributed by atoms with Gasteiger partial charge in [-0.3, -0.25) is 9.36 Å². The van der Waals surface area contributed by atoms with E-state index < -0.39 is 20.0 Å². The average molecular weight is 984 g/mol. The first-order valence-corrected chi connectivity index (χ1v) is 31.5. The summed E-state index contributed by atoms with van der Waals surface area (Å²) in [5.74, 6) is -0.159. The summed E-state index contributed by atoms with van der Waals surface area (Å²) in [4.78, 5) is 25.4. The van der Waals surface area contributed by atoms with Gasteiger partial charge >= 0.3 is 0 Å². The van der Waals surface area contributed by atoms with Crippen LogP contribution >= 0.6 is 7.82 Å². The summed E-state index contributed by atoms with van der Waals surface area (Å²) < 4.78 is 23.3. The molecule has 3 atom stereocenters. The van der Waals surface area contributed by atoms with E-state index in [1.54, 1.807) is 0 Å². The fraction of sp³-hybridized carbons (Fsp3) is 0.949. The van der Waals surface area contributed by atoms with Crippen LogP contribution in [0.25, 0.3) is 0 Å². The van der Waals surface area contributed by atoms with E-state index in [1.807, 2.05) is 21.1 Å². The van der Waals surface area contributed by atoms with Crippen molar-refractivity contribution in [3.8, 4) is 0 Å². The normalized spacial score (nSPS) is 13.9.